The Hall–Kier alpha value is -1.03. The average molecular weight is 255 g/mol. The molecule has 0 aromatic heterocycles. The van der Waals surface area contributed by atoms with Crippen LogP contribution in [0.2, 0.25) is 0 Å². The number of benzene rings is 1. The maximum Gasteiger partial charge on any atom is 0.230 e. The molecule has 0 aliphatic carbocycles. The summed E-state index contributed by atoms with van der Waals surface area (Å²) in [6, 6.07) is 6.62. The van der Waals surface area contributed by atoms with E-state index in [0.717, 1.165) is 0 Å². The molecule has 1 aromatic rings. The van der Waals surface area contributed by atoms with Crippen molar-refractivity contribution in [1.29, 1.82) is 0 Å². The number of thioether (sulfide) groups is 1. The highest BCUT2D eigenvalue weighted by atomic mass is 32.2. The van der Waals surface area contributed by atoms with Crippen molar-refractivity contribution < 1.29 is 9.18 Å². The molecule has 1 rings (SSSR count). The molecule has 17 heavy (non-hydrogen) atoms. The van der Waals surface area contributed by atoms with E-state index in [1.54, 1.807) is 18.2 Å². The Morgan fingerprint density at radius 3 is 2.59 bits per heavy atom. The Labute approximate surface area is 106 Å². The van der Waals surface area contributed by atoms with E-state index < -0.39 is 0 Å². The molecular weight excluding hydrogens is 237 g/mol. The minimum absolute atomic E-state index is 0.0561. The van der Waals surface area contributed by atoms with Crippen molar-refractivity contribution >= 4 is 17.7 Å². The number of hydrogen-bond donors (Lipinski definition) is 1. The van der Waals surface area contributed by atoms with Crippen LogP contribution in [-0.4, -0.2) is 17.7 Å². The zero-order chi connectivity index (χ0) is 12.8. The number of hydrogen-bond acceptors (Lipinski definition) is 2. The molecule has 0 heterocycles. The van der Waals surface area contributed by atoms with E-state index in [-0.39, 0.29) is 23.5 Å². The molecule has 4 heteroatoms. The van der Waals surface area contributed by atoms with E-state index in [1.807, 2.05) is 6.92 Å². The molecule has 0 saturated heterocycles. The Bertz CT molecular complexity index is 381. The first-order valence-corrected chi connectivity index (χ1v) is 6.66. The minimum atomic E-state index is -0.276. The van der Waals surface area contributed by atoms with Crippen LogP contribution >= 0.6 is 11.8 Å². The summed E-state index contributed by atoms with van der Waals surface area (Å²) in [6.45, 7) is 6.07. The molecule has 0 spiro atoms. The first kappa shape index (κ1) is 14.0. The van der Waals surface area contributed by atoms with Crippen LogP contribution in [0.4, 0.5) is 4.39 Å². The number of nitrogens with one attached hydrogen (secondary N) is 1. The van der Waals surface area contributed by atoms with Gasteiger partial charge in [0.1, 0.15) is 5.82 Å². The van der Waals surface area contributed by atoms with Gasteiger partial charge in [-0.05, 0) is 25.0 Å². The van der Waals surface area contributed by atoms with Gasteiger partial charge in [0.2, 0.25) is 5.91 Å². The number of amides is 1. The molecule has 2 nitrogen and oxygen atoms in total. The summed E-state index contributed by atoms with van der Waals surface area (Å²) < 4.78 is 13.3. The highest BCUT2D eigenvalue weighted by Crippen LogP contribution is 2.20. The molecule has 1 amide bonds. The van der Waals surface area contributed by atoms with Crippen LogP contribution in [0, 0.1) is 11.7 Å². The maximum atomic E-state index is 13.3. The number of rotatable bonds is 5. The lowest BCUT2D eigenvalue weighted by Gasteiger charge is -2.17. The minimum Gasteiger partial charge on any atom is -0.353 e. The van der Waals surface area contributed by atoms with Gasteiger partial charge in [0.25, 0.3) is 0 Å². The first-order chi connectivity index (χ1) is 8.00. The molecule has 1 N–H and O–H groups in total. The van der Waals surface area contributed by atoms with Crippen LogP contribution in [0.25, 0.3) is 0 Å². The second-order valence-corrected chi connectivity index (χ2v) is 5.34. The molecule has 1 unspecified atom stereocenters. The highest BCUT2D eigenvalue weighted by molar-refractivity contribution is 8.00. The fraction of sp³-hybridized carbons (Fsp3) is 0.462. The fourth-order valence-electron chi connectivity index (χ4n) is 1.17. The van der Waals surface area contributed by atoms with Gasteiger partial charge < -0.3 is 5.32 Å². The normalized spacial score (nSPS) is 12.5. The van der Waals surface area contributed by atoms with E-state index in [1.165, 1.54) is 17.8 Å². The molecule has 94 valence electrons. The van der Waals surface area contributed by atoms with Crippen molar-refractivity contribution in [2.24, 2.45) is 5.92 Å². The number of halogens is 1. The van der Waals surface area contributed by atoms with Gasteiger partial charge in [-0.3, -0.25) is 4.79 Å². The SMILES string of the molecule is CC(C)C(C)NC(=O)CSc1ccccc1F. The predicted octanol–water partition coefficient (Wildman–Crippen LogP) is 3.08. The average Bonchev–Trinajstić information content (AvgIpc) is 2.27. The summed E-state index contributed by atoms with van der Waals surface area (Å²) in [5.74, 6) is 0.317. The molecule has 0 bridgehead atoms. The lowest BCUT2D eigenvalue weighted by atomic mass is 10.1. The summed E-state index contributed by atoms with van der Waals surface area (Å²) in [6.07, 6.45) is 0. The van der Waals surface area contributed by atoms with Gasteiger partial charge in [-0.15, -0.1) is 11.8 Å². The quantitative estimate of drug-likeness (QED) is 0.819. The standard InChI is InChI=1S/C13H18FNOS/c1-9(2)10(3)15-13(16)8-17-12-7-5-4-6-11(12)14/h4-7,9-10H,8H2,1-3H3,(H,15,16). The van der Waals surface area contributed by atoms with E-state index in [2.05, 4.69) is 19.2 Å². The lowest BCUT2D eigenvalue weighted by Crippen LogP contribution is -2.37. The van der Waals surface area contributed by atoms with Crippen LogP contribution in [0.1, 0.15) is 20.8 Å². The van der Waals surface area contributed by atoms with Crippen LogP contribution in [0.3, 0.4) is 0 Å². The van der Waals surface area contributed by atoms with Crippen LogP contribution < -0.4 is 5.32 Å². The van der Waals surface area contributed by atoms with Gasteiger partial charge in [0, 0.05) is 10.9 Å². The Kier molecular flexibility index (Phi) is 5.48. The molecule has 0 aliphatic heterocycles. The van der Waals surface area contributed by atoms with Crippen molar-refractivity contribution in [3.8, 4) is 0 Å². The van der Waals surface area contributed by atoms with Crippen LogP contribution in [0.15, 0.2) is 29.2 Å². The Morgan fingerprint density at radius 1 is 1.35 bits per heavy atom. The maximum absolute atomic E-state index is 13.3. The highest BCUT2D eigenvalue weighted by Gasteiger charge is 2.11. The largest absolute Gasteiger partial charge is 0.353 e. The third-order valence-corrected chi connectivity index (χ3v) is 3.63. The predicted molar refractivity (Wildman–Crippen MR) is 69.6 cm³/mol. The van der Waals surface area contributed by atoms with E-state index in [9.17, 15) is 9.18 Å². The summed E-state index contributed by atoms with van der Waals surface area (Å²) in [4.78, 5) is 12.1. The van der Waals surface area contributed by atoms with Gasteiger partial charge in [0.05, 0.1) is 5.75 Å². The summed E-state index contributed by atoms with van der Waals surface area (Å²) in [5.41, 5.74) is 0. The molecule has 1 atom stereocenters. The molecule has 0 aliphatic rings. The zero-order valence-corrected chi connectivity index (χ0v) is 11.2. The first-order valence-electron chi connectivity index (χ1n) is 5.67. The monoisotopic (exact) mass is 255 g/mol. The molecule has 0 radical (unpaired) electrons. The Morgan fingerprint density at radius 2 is 2.00 bits per heavy atom. The zero-order valence-electron chi connectivity index (χ0n) is 10.4. The topological polar surface area (TPSA) is 29.1 Å². The molecular formula is C13H18FNOS. The number of carbonyl (C=O) groups excluding carboxylic acids is 1. The van der Waals surface area contributed by atoms with Crippen molar-refractivity contribution in [1.82, 2.24) is 5.32 Å². The van der Waals surface area contributed by atoms with Crippen molar-refractivity contribution in [3.63, 3.8) is 0 Å². The third-order valence-electron chi connectivity index (χ3n) is 2.58. The molecule has 1 aromatic carbocycles. The van der Waals surface area contributed by atoms with Crippen molar-refractivity contribution in [2.75, 3.05) is 5.75 Å². The second-order valence-electron chi connectivity index (χ2n) is 4.32. The lowest BCUT2D eigenvalue weighted by molar-refractivity contribution is -0.119. The van der Waals surface area contributed by atoms with Gasteiger partial charge in [-0.1, -0.05) is 26.0 Å². The van der Waals surface area contributed by atoms with Crippen LogP contribution in [0.5, 0.6) is 0 Å². The number of carbonyl (C=O) groups is 1. The van der Waals surface area contributed by atoms with E-state index in [4.69, 9.17) is 0 Å². The second kappa shape index (κ2) is 6.64. The molecule has 0 saturated carbocycles. The van der Waals surface area contributed by atoms with Gasteiger partial charge in [0.15, 0.2) is 0 Å². The van der Waals surface area contributed by atoms with Gasteiger partial charge in [-0.2, -0.15) is 0 Å². The van der Waals surface area contributed by atoms with Crippen LogP contribution in [-0.2, 0) is 4.79 Å². The smallest absolute Gasteiger partial charge is 0.230 e. The summed E-state index contributed by atoms with van der Waals surface area (Å²) >= 11 is 1.22. The summed E-state index contributed by atoms with van der Waals surface area (Å²) in [5, 5.41) is 2.89. The van der Waals surface area contributed by atoms with Crippen molar-refractivity contribution in [2.45, 2.75) is 31.7 Å². The van der Waals surface area contributed by atoms with E-state index in [0.29, 0.717) is 10.8 Å². The van der Waals surface area contributed by atoms with Gasteiger partial charge >= 0.3 is 0 Å². The fourth-order valence-corrected chi connectivity index (χ4v) is 1.92. The summed E-state index contributed by atoms with van der Waals surface area (Å²) in [7, 11) is 0. The third kappa shape index (κ3) is 4.77. The molecule has 0 fully saturated rings. The Balaban J connectivity index is 2.41. The van der Waals surface area contributed by atoms with Gasteiger partial charge in [-0.25, -0.2) is 4.39 Å². The van der Waals surface area contributed by atoms with E-state index >= 15 is 0 Å². The van der Waals surface area contributed by atoms with Crippen molar-refractivity contribution in [3.05, 3.63) is 30.1 Å².